The Morgan fingerprint density at radius 2 is 0.850 bits per heavy atom. The molecule has 0 aliphatic heterocycles. The Labute approximate surface area is 372 Å². The van der Waals surface area contributed by atoms with Gasteiger partial charge < -0.3 is 20.3 Å². The molecule has 2 atom stereocenters. The van der Waals surface area contributed by atoms with Gasteiger partial charge >= 0.3 is 5.97 Å². The van der Waals surface area contributed by atoms with Gasteiger partial charge in [-0.15, -0.1) is 0 Å². The molecule has 6 heteroatoms. The number of carbonyl (C=O) groups excluding carboxylic acids is 2. The zero-order chi connectivity index (χ0) is 43.7. The molecule has 6 nitrogen and oxygen atoms in total. The summed E-state index contributed by atoms with van der Waals surface area (Å²) >= 11 is 0. The molecule has 0 saturated carbocycles. The topological polar surface area (TPSA) is 95.9 Å². The van der Waals surface area contributed by atoms with Crippen LogP contribution in [0.1, 0.15) is 258 Å². The van der Waals surface area contributed by atoms with E-state index in [2.05, 4.69) is 49.5 Å². The van der Waals surface area contributed by atoms with E-state index >= 15 is 0 Å². The third-order valence-corrected chi connectivity index (χ3v) is 11.6. The van der Waals surface area contributed by atoms with Crippen molar-refractivity contribution in [1.29, 1.82) is 0 Å². The van der Waals surface area contributed by atoms with Crippen molar-refractivity contribution in [1.82, 2.24) is 5.32 Å². The maximum Gasteiger partial charge on any atom is 0.305 e. The largest absolute Gasteiger partial charge is 0.466 e. The molecule has 0 fully saturated rings. The highest BCUT2D eigenvalue weighted by Crippen LogP contribution is 2.14. The standard InChI is InChI=1S/C54H99NO5/c1-3-5-7-9-11-13-15-16-17-18-19-20-21-24-28-32-36-40-44-48-54(59)60-49-45-41-37-33-29-25-22-23-27-31-35-39-43-47-53(58)55-51(50-56)52(57)46-42-38-34-30-26-14-12-10-8-6-4-2/h16-17,23,27,35,39,42,46,51-52,56-57H,3-15,18-22,24-26,28-34,36-38,40-41,43-45,47-50H2,1-2H3,(H,55,58)/b17-16-,27-23-,39-35-,46-42+. The van der Waals surface area contributed by atoms with E-state index in [0.29, 0.717) is 25.9 Å². The molecule has 0 spiro atoms. The average Bonchev–Trinajstić information content (AvgIpc) is 3.25. The van der Waals surface area contributed by atoms with Crippen LogP contribution in [0.4, 0.5) is 0 Å². The van der Waals surface area contributed by atoms with Crippen molar-refractivity contribution in [2.75, 3.05) is 13.2 Å². The molecular formula is C54H99NO5. The minimum Gasteiger partial charge on any atom is -0.466 e. The Morgan fingerprint density at radius 1 is 0.467 bits per heavy atom. The maximum absolute atomic E-state index is 12.3. The molecule has 0 saturated heterocycles. The molecule has 3 N–H and O–H groups in total. The van der Waals surface area contributed by atoms with Gasteiger partial charge in [0.05, 0.1) is 25.4 Å². The first kappa shape index (κ1) is 57.8. The first-order chi connectivity index (χ1) is 29.5. The highest BCUT2D eigenvalue weighted by atomic mass is 16.5. The number of hydrogen-bond acceptors (Lipinski definition) is 5. The summed E-state index contributed by atoms with van der Waals surface area (Å²) in [6.07, 6.45) is 61.3. The van der Waals surface area contributed by atoms with Gasteiger partial charge in [-0.25, -0.2) is 0 Å². The minimum absolute atomic E-state index is 0.0200. The van der Waals surface area contributed by atoms with E-state index in [1.54, 1.807) is 6.08 Å². The van der Waals surface area contributed by atoms with Gasteiger partial charge in [0.25, 0.3) is 0 Å². The number of esters is 1. The van der Waals surface area contributed by atoms with Crippen LogP contribution in [0.5, 0.6) is 0 Å². The fourth-order valence-electron chi connectivity index (χ4n) is 7.56. The highest BCUT2D eigenvalue weighted by molar-refractivity contribution is 5.76. The van der Waals surface area contributed by atoms with E-state index in [0.717, 1.165) is 51.4 Å². The van der Waals surface area contributed by atoms with Crippen LogP contribution in [-0.2, 0) is 14.3 Å². The molecule has 60 heavy (non-hydrogen) atoms. The Balaban J connectivity index is 3.54. The lowest BCUT2D eigenvalue weighted by Gasteiger charge is -2.19. The van der Waals surface area contributed by atoms with E-state index < -0.39 is 12.1 Å². The molecule has 0 aromatic rings. The fraction of sp³-hybridized carbons (Fsp3) is 0.815. The summed E-state index contributed by atoms with van der Waals surface area (Å²) in [5.74, 6) is -0.171. The molecular weight excluding hydrogens is 743 g/mol. The van der Waals surface area contributed by atoms with Crippen LogP contribution in [0, 0.1) is 0 Å². The van der Waals surface area contributed by atoms with Crippen LogP contribution in [0.2, 0.25) is 0 Å². The van der Waals surface area contributed by atoms with Gasteiger partial charge in [0, 0.05) is 12.8 Å². The second kappa shape index (κ2) is 49.5. The van der Waals surface area contributed by atoms with Gasteiger partial charge in [0.1, 0.15) is 0 Å². The quantitative estimate of drug-likeness (QED) is 0.0322. The molecule has 0 aromatic heterocycles. The van der Waals surface area contributed by atoms with Gasteiger partial charge in [0.2, 0.25) is 5.91 Å². The summed E-state index contributed by atoms with van der Waals surface area (Å²) in [7, 11) is 0. The van der Waals surface area contributed by atoms with Crippen LogP contribution < -0.4 is 5.32 Å². The summed E-state index contributed by atoms with van der Waals surface area (Å²) in [6, 6.07) is -0.671. The lowest BCUT2D eigenvalue weighted by molar-refractivity contribution is -0.143. The zero-order valence-corrected chi connectivity index (χ0v) is 39.7. The van der Waals surface area contributed by atoms with E-state index in [1.165, 1.54) is 173 Å². The third kappa shape index (κ3) is 45.3. The number of nitrogens with one attached hydrogen (secondary N) is 1. The number of hydrogen-bond donors (Lipinski definition) is 3. The molecule has 0 aliphatic rings. The van der Waals surface area contributed by atoms with E-state index in [-0.39, 0.29) is 18.5 Å². The van der Waals surface area contributed by atoms with Crippen molar-refractivity contribution < 1.29 is 24.5 Å². The van der Waals surface area contributed by atoms with Crippen molar-refractivity contribution in [3.8, 4) is 0 Å². The number of aliphatic hydroxyl groups excluding tert-OH is 2. The monoisotopic (exact) mass is 842 g/mol. The second-order valence-corrected chi connectivity index (χ2v) is 17.5. The van der Waals surface area contributed by atoms with Crippen LogP contribution in [0.25, 0.3) is 0 Å². The average molecular weight is 842 g/mol. The lowest BCUT2D eigenvalue weighted by Crippen LogP contribution is -2.45. The molecule has 0 aliphatic carbocycles. The van der Waals surface area contributed by atoms with Gasteiger partial charge in [0.15, 0.2) is 0 Å². The number of ether oxygens (including phenoxy) is 1. The van der Waals surface area contributed by atoms with Gasteiger partial charge in [-0.3, -0.25) is 9.59 Å². The molecule has 350 valence electrons. The molecule has 1 amide bonds. The van der Waals surface area contributed by atoms with Crippen LogP contribution >= 0.6 is 0 Å². The fourth-order valence-corrected chi connectivity index (χ4v) is 7.56. The Morgan fingerprint density at radius 3 is 1.32 bits per heavy atom. The van der Waals surface area contributed by atoms with Crippen molar-refractivity contribution in [3.63, 3.8) is 0 Å². The van der Waals surface area contributed by atoms with Crippen LogP contribution in [0.15, 0.2) is 48.6 Å². The van der Waals surface area contributed by atoms with Crippen LogP contribution in [0.3, 0.4) is 0 Å². The Hall–Kier alpha value is -2.18. The first-order valence-electron chi connectivity index (χ1n) is 25.9. The molecule has 0 rings (SSSR count). The SMILES string of the molecule is CCCCCCCC/C=C\CCCCCCCCCCCC(=O)OCCCCCCCC/C=C\C/C=C\CCC(=O)NC(CO)C(O)/C=C/CCCCCCCCCCC. The Kier molecular flexibility index (Phi) is 47.7. The predicted octanol–water partition coefficient (Wildman–Crippen LogP) is 15.5. The smallest absolute Gasteiger partial charge is 0.305 e. The minimum atomic E-state index is -0.878. The van der Waals surface area contributed by atoms with Gasteiger partial charge in [-0.2, -0.15) is 0 Å². The summed E-state index contributed by atoms with van der Waals surface area (Å²) < 4.78 is 5.46. The second-order valence-electron chi connectivity index (χ2n) is 17.5. The molecule has 0 bridgehead atoms. The van der Waals surface area contributed by atoms with Gasteiger partial charge in [-0.1, -0.05) is 217 Å². The number of carbonyl (C=O) groups is 2. The Bertz CT molecular complexity index is 1020. The lowest BCUT2D eigenvalue weighted by atomic mass is 10.1. The van der Waals surface area contributed by atoms with Crippen LogP contribution in [-0.4, -0.2) is 47.4 Å². The van der Waals surface area contributed by atoms with E-state index in [9.17, 15) is 19.8 Å². The van der Waals surface area contributed by atoms with Crippen molar-refractivity contribution in [2.24, 2.45) is 0 Å². The van der Waals surface area contributed by atoms with Gasteiger partial charge in [-0.05, 0) is 77.0 Å². The zero-order valence-electron chi connectivity index (χ0n) is 39.7. The van der Waals surface area contributed by atoms with E-state index in [1.807, 2.05) is 12.2 Å². The highest BCUT2D eigenvalue weighted by Gasteiger charge is 2.17. The van der Waals surface area contributed by atoms with E-state index in [4.69, 9.17) is 4.74 Å². The number of amides is 1. The third-order valence-electron chi connectivity index (χ3n) is 11.6. The molecule has 0 aromatic carbocycles. The van der Waals surface area contributed by atoms with Crippen molar-refractivity contribution >= 4 is 11.9 Å². The number of allylic oxidation sites excluding steroid dienone is 7. The number of unbranched alkanes of at least 4 members (excludes halogenated alkanes) is 30. The first-order valence-corrected chi connectivity index (χ1v) is 25.9. The normalized spacial score (nSPS) is 13.1. The van der Waals surface area contributed by atoms with Crippen molar-refractivity contribution in [2.45, 2.75) is 270 Å². The molecule has 2 unspecified atom stereocenters. The number of aliphatic hydroxyl groups is 2. The molecule has 0 heterocycles. The predicted molar refractivity (Wildman–Crippen MR) is 259 cm³/mol. The summed E-state index contributed by atoms with van der Waals surface area (Å²) in [6.45, 7) is 4.81. The summed E-state index contributed by atoms with van der Waals surface area (Å²) in [5, 5.41) is 22.9. The molecule has 0 radical (unpaired) electrons. The van der Waals surface area contributed by atoms with Crippen molar-refractivity contribution in [3.05, 3.63) is 48.6 Å². The summed E-state index contributed by atoms with van der Waals surface area (Å²) in [5.41, 5.74) is 0. The number of rotatable bonds is 47. The summed E-state index contributed by atoms with van der Waals surface area (Å²) in [4.78, 5) is 24.4. The maximum atomic E-state index is 12.3.